The molecule has 0 saturated heterocycles. The first kappa shape index (κ1) is 16.1. The molecule has 0 saturated carbocycles. The van der Waals surface area contributed by atoms with E-state index in [4.69, 9.17) is 0 Å². The molecule has 0 bridgehead atoms. The van der Waals surface area contributed by atoms with Crippen LogP contribution in [0.15, 0.2) is 22.8 Å². The van der Waals surface area contributed by atoms with E-state index in [2.05, 4.69) is 20.3 Å². The van der Waals surface area contributed by atoms with Crippen LogP contribution < -0.4 is 5.32 Å². The lowest BCUT2D eigenvalue weighted by molar-refractivity contribution is -0.120. The highest BCUT2D eigenvalue weighted by molar-refractivity contribution is 5.78. The summed E-state index contributed by atoms with van der Waals surface area (Å²) in [5, 5.41) is 10.1. The number of aryl methyl sites for hydroxylation is 1. The molecule has 1 aromatic heterocycles. The minimum absolute atomic E-state index is 0.112. The fourth-order valence-corrected chi connectivity index (χ4v) is 2.02. The second kappa shape index (κ2) is 7.13. The second-order valence-corrected chi connectivity index (χ2v) is 5.41. The molecule has 2 aromatic rings. The molecule has 22 heavy (non-hydrogen) atoms. The van der Waals surface area contributed by atoms with Crippen LogP contribution in [0.4, 0.5) is 4.39 Å². The maximum Gasteiger partial charge on any atom is 0.226 e. The van der Waals surface area contributed by atoms with Crippen molar-refractivity contribution in [2.45, 2.75) is 26.4 Å². The molecule has 7 heteroatoms. The normalized spacial score (nSPS) is 11.0. The number of benzene rings is 1. The predicted molar refractivity (Wildman–Crippen MR) is 78.4 cm³/mol. The Morgan fingerprint density at radius 2 is 2.14 bits per heavy atom. The van der Waals surface area contributed by atoms with E-state index >= 15 is 0 Å². The Morgan fingerprint density at radius 3 is 2.77 bits per heavy atom. The number of carbonyl (C=O) groups excluding carboxylic acids is 1. The van der Waals surface area contributed by atoms with Gasteiger partial charge >= 0.3 is 0 Å². The van der Waals surface area contributed by atoms with Gasteiger partial charge in [0.1, 0.15) is 17.2 Å². The molecule has 0 spiro atoms. The Kier molecular flexibility index (Phi) is 5.21. The van der Waals surface area contributed by atoms with E-state index in [-0.39, 0.29) is 18.1 Å². The molecule has 0 fully saturated rings. The Labute approximate surface area is 128 Å². The molecule has 0 aliphatic heterocycles. The summed E-state index contributed by atoms with van der Waals surface area (Å²) in [6.45, 7) is 2.58. The van der Waals surface area contributed by atoms with Crippen molar-refractivity contribution in [3.05, 3.63) is 46.5 Å². The first-order valence-corrected chi connectivity index (χ1v) is 6.92. The lowest BCUT2D eigenvalue weighted by Gasteiger charge is -2.12. The summed E-state index contributed by atoms with van der Waals surface area (Å²) >= 11 is 0. The molecule has 0 atom stereocenters. The summed E-state index contributed by atoms with van der Waals surface area (Å²) in [7, 11) is 3.75. The van der Waals surface area contributed by atoms with Crippen LogP contribution in [0.5, 0.6) is 0 Å². The van der Waals surface area contributed by atoms with Gasteiger partial charge in [0.05, 0.1) is 6.42 Å². The average molecular weight is 306 g/mol. The second-order valence-electron chi connectivity index (χ2n) is 5.41. The molecular weight excluding hydrogens is 287 g/mol. The third-order valence-corrected chi connectivity index (χ3v) is 3.16. The first-order valence-electron chi connectivity index (χ1n) is 6.92. The van der Waals surface area contributed by atoms with Crippen molar-refractivity contribution >= 4 is 5.91 Å². The van der Waals surface area contributed by atoms with Gasteiger partial charge in [0.2, 0.25) is 5.91 Å². The number of aromatic nitrogens is 2. The summed E-state index contributed by atoms with van der Waals surface area (Å²) in [5.74, 6) is -0.426. The van der Waals surface area contributed by atoms with Gasteiger partial charge in [-0.15, -0.1) is 0 Å². The highest BCUT2D eigenvalue weighted by Crippen LogP contribution is 2.12. The molecule has 0 aliphatic carbocycles. The highest BCUT2D eigenvalue weighted by Gasteiger charge is 2.11. The van der Waals surface area contributed by atoms with Gasteiger partial charge in [0, 0.05) is 18.7 Å². The Hall–Kier alpha value is -2.28. The highest BCUT2D eigenvalue weighted by atomic mass is 19.1. The number of halogens is 1. The third kappa shape index (κ3) is 4.36. The number of hydrogen-bond donors (Lipinski definition) is 1. The number of rotatable bonds is 6. The van der Waals surface area contributed by atoms with Gasteiger partial charge in [-0.1, -0.05) is 16.4 Å². The molecule has 6 nitrogen and oxygen atoms in total. The minimum Gasteiger partial charge on any atom is -0.352 e. The fourth-order valence-electron chi connectivity index (χ4n) is 2.02. The summed E-state index contributed by atoms with van der Waals surface area (Å²) in [4.78, 5) is 13.8. The molecule has 1 amide bonds. The maximum absolute atomic E-state index is 13.7. The topological polar surface area (TPSA) is 71.3 Å². The minimum atomic E-state index is -0.243. The number of amides is 1. The molecule has 118 valence electrons. The van der Waals surface area contributed by atoms with Crippen molar-refractivity contribution < 1.29 is 13.8 Å². The van der Waals surface area contributed by atoms with E-state index in [0.717, 1.165) is 5.56 Å². The SMILES string of the molecule is Cc1nonc1CC(=O)NCc1ccc(F)c(CN(C)C)c1. The van der Waals surface area contributed by atoms with Gasteiger partial charge in [0.15, 0.2) is 0 Å². The predicted octanol–water partition coefficient (Wildman–Crippen LogP) is 1.44. The van der Waals surface area contributed by atoms with Gasteiger partial charge in [0.25, 0.3) is 0 Å². The summed E-state index contributed by atoms with van der Waals surface area (Å²) in [5.41, 5.74) is 2.57. The van der Waals surface area contributed by atoms with Crippen molar-refractivity contribution in [1.29, 1.82) is 0 Å². The van der Waals surface area contributed by atoms with Crippen molar-refractivity contribution in [3.63, 3.8) is 0 Å². The van der Waals surface area contributed by atoms with E-state index in [0.29, 0.717) is 30.0 Å². The van der Waals surface area contributed by atoms with Crippen molar-refractivity contribution in [2.24, 2.45) is 0 Å². The lowest BCUT2D eigenvalue weighted by Crippen LogP contribution is -2.25. The van der Waals surface area contributed by atoms with Crippen LogP contribution in [0.2, 0.25) is 0 Å². The van der Waals surface area contributed by atoms with Gasteiger partial charge in [-0.25, -0.2) is 9.02 Å². The molecule has 1 heterocycles. The maximum atomic E-state index is 13.7. The van der Waals surface area contributed by atoms with Crippen LogP contribution in [0.3, 0.4) is 0 Å². The lowest BCUT2D eigenvalue weighted by atomic mass is 10.1. The van der Waals surface area contributed by atoms with E-state index in [1.807, 2.05) is 19.0 Å². The number of carbonyl (C=O) groups is 1. The standard InChI is InChI=1S/C15H19FN4O2/c1-10-14(19-22-18-10)7-15(21)17-8-11-4-5-13(16)12(6-11)9-20(2)3/h4-6H,7-9H2,1-3H3,(H,17,21). The summed E-state index contributed by atoms with van der Waals surface area (Å²) in [6.07, 6.45) is 0.112. The summed E-state index contributed by atoms with van der Waals surface area (Å²) < 4.78 is 18.2. The van der Waals surface area contributed by atoms with Crippen LogP contribution in [0.1, 0.15) is 22.5 Å². The van der Waals surface area contributed by atoms with E-state index < -0.39 is 0 Å². The van der Waals surface area contributed by atoms with Crippen molar-refractivity contribution in [3.8, 4) is 0 Å². The fraction of sp³-hybridized carbons (Fsp3) is 0.400. The third-order valence-electron chi connectivity index (χ3n) is 3.16. The Balaban J connectivity index is 1.93. The van der Waals surface area contributed by atoms with E-state index in [9.17, 15) is 9.18 Å². The number of nitrogens with one attached hydrogen (secondary N) is 1. The van der Waals surface area contributed by atoms with Gasteiger partial charge in [-0.2, -0.15) is 0 Å². The Bertz CT molecular complexity index is 655. The van der Waals surface area contributed by atoms with Crippen molar-refractivity contribution in [1.82, 2.24) is 20.5 Å². The molecule has 0 radical (unpaired) electrons. The molecule has 1 N–H and O–H groups in total. The molecule has 1 aromatic carbocycles. The van der Waals surface area contributed by atoms with Crippen LogP contribution in [0.25, 0.3) is 0 Å². The average Bonchev–Trinajstić information content (AvgIpc) is 2.84. The van der Waals surface area contributed by atoms with Crippen LogP contribution in [-0.4, -0.2) is 35.2 Å². The van der Waals surface area contributed by atoms with Crippen LogP contribution in [0, 0.1) is 12.7 Å². The van der Waals surface area contributed by atoms with Gasteiger partial charge in [-0.05, 0) is 38.7 Å². The van der Waals surface area contributed by atoms with Crippen molar-refractivity contribution in [2.75, 3.05) is 14.1 Å². The quantitative estimate of drug-likeness (QED) is 0.874. The van der Waals surface area contributed by atoms with Crippen LogP contribution in [-0.2, 0) is 24.3 Å². The molecule has 2 rings (SSSR count). The van der Waals surface area contributed by atoms with Gasteiger partial charge < -0.3 is 10.2 Å². The Morgan fingerprint density at radius 1 is 1.36 bits per heavy atom. The zero-order valence-corrected chi connectivity index (χ0v) is 12.9. The van der Waals surface area contributed by atoms with E-state index in [1.165, 1.54) is 6.07 Å². The zero-order valence-electron chi connectivity index (χ0n) is 12.9. The summed E-state index contributed by atoms with van der Waals surface area (Å²) in [6, 6.07) is 4.85. The molecular formula is C15H19FN4O2. The van der Waals surface area contributed by atoms with Crippen LogP contribution >= 0.6 is 0 Å². The van der Waals surface area contributed by atoms with Gasteiger partial charge in [-0.3, -0.25) is 4.79 Å². The van der Waals surface area contributed by atoms with E-state index in [1.54, 1.807) is 19.1 Å². The first-order chi connectivity index (χ1) is 10.5. The zero-order chi connectivity index (χ0) is 16.1. The number of hydrogen-bond acceptors (Lipinski definition) is 5. The smallest absolute Gasteiger partial charge is 0.226 e. The molecule has 0 unspecified atom stereocenters. The number of nitrogens with zero attached hydrogens (tertiary/aromatic N) is 3. The molecule has 0 aliphatic rings. The monoisotopic (exact) mass is 306 g/mol. The largest absolute Gasteiger partial charge is 0.352 e.